The van der Waals surface area contributed by atoms with E-state index in [4.69, 9.17) is 16.3 Å². The lowest BCUT2D eigenvalue weighted by Gasteiger charge is -2.30. The second-order valence-electron chi connectivity index (χ2n) is 8.02. The summed E-state index contributed by atoms with van der Waals surface area (Å²) in [5.41, 5.74) is -0.117. The molecule has 4 rings (SSSR count). The molecule has 0 aliphatic carbocycles. The number of fused-ring (bicyclic) bond motifs is 4. The first-order chi connectivity index (χ1) is 13.3. The highest BCUT2D eigenvalue weighted by molar-refractivity contribution is 6.35. The molecule has 0 radical (unpaired) electrons. The van der Waals surface area contributed by atoms with Gasteiger partial charge in [-0.2, -0.15) is 0 Å². The van der Waals surface area contributed by atoms with Crippen molar-refractivity contribution in [1.29, 1.82) is 0 Å². The smallest absolute Gasteiger partial charge is 0.250 e. The van der Waals surface area contributed by atoms with Crippen LogP contribution in [0.1, 0.15) is 25.8 Å². The first-order valence-corrected chi connectivity index (χ1v) is 9.94. The van der Waals surface area contributed by atoms with Gasteiger partial charge in [0.2, 0.25) is 17.7 Å². The van der Waals surface area contributed by atoms with Gasteiger partial charge in [-0.15, -0.1) is 0 Å². The molecular weight excluding hydrogens is 382 g/mol. The maximum Gasteiger partial charge on any atom is 0.250 e. The summed E-state index contributed by atoms with van der Waals surface area (Å²) in [6.45, 7) is 4.74. The number of ether oxygens (including phenoxy) is 1. The molecule has 0 saturated carbocycles. The minimum Gasteiger partial charge on any atom is -0.385 e. The molecule has 0 bridgehead atoms. The molecule has 7 nitrogen and oxygen atoms in total. The van der Waals surface area contributed by atoms with Gasteiger partial charge >= 0.3 is 0 Å². The SMILES string of the molecule is COCCCN1C(=O)[C@@H]2[C@@H](C(C)C)N[C@@]3(C(=O)Nc4c(Cl)cccc43)[C@@H]2C1=O. The first-order valence-electron chi connectivity index (χ1n) is 9.57. The van der Waals surface area contributed by atoms with E-state index in [-0.39, 0.29) is 29.7 Å². The van der Waals surface area contributed by atoms with E-state index in [0.717, 1.165) is 0 Å². The van der Waals surface area contributed by atoms with Gasteiger partial charge in [0.15, 0.2) is 0 Å². The van der Waals surface area contributed by atoms with Crippen molar-refractivity contribution >= 4 is 35.0 Å². The number of nitrogens with zero attached hydrogens (tertiary/aromatic N) is 1. The number of hydrogen-bond donors (Lipinski definition) is 2. The zero-order chi connectivity index (χ0) is 20.2. The number of carbonyl (C=O) groups is 3. The van der Waals surface area contributed by atoms with Crippen molar-refractivity contribution < 1.29 is 19.1 Å². The van der Waals surface area contributed by atoms with Crippen molar-refractivity contribution in [2.45, 2.75) is 31.8 Å². The Hall–Kier alpha value is -1.96. The third-order valence-electron chi connectivity index (χ3n) is 6.17. The predicted octanol–water partition coefficient (Wildman–Crippen LogP) is 1.75. The fourth-order valence-electron chi connectivity index (χ4n) is 4.95. The Morgan fingerprint density at radius 1 is 1.25 bits per heavy atom. The van der Waals surface area contributed by atoms with Crippen LogP contribution in [0.15, 0.2) is 18.2 Å². The molecule has 2 saturated heterocycles. The van der Waals surface area contributed by atoms with Crippen molar-refractivity contribution in [2.75, 3.05) is 25.6 Å². The van der Waals surface area contributed by atoms with Crippen molar-refractivity contribution in [2.24, 2.45) is 17.8 Å². The summed E-state index contributed by atoms with van der Waals surface area (Å²) in [6, 6.07) is 4.98. The molecule has 0 aromatic heterocycles. The van der Waals surface area contributed by atoms with Gasteiger partial charge in [0.05, 0.1) is 22.5 Å². The second-order valence-corrected chi connectivity index (χ2v) is 8.42. The summed E-state index contributed by atoms with van der Waals surface area (Å²) in [7, 11) is 1.58. The van der Waals surface area contributed by atoms with Crippen LogP contribution in [0, 0.1) is 17.8 Å². The maximum atomic E-state index is 13.4. The molecule has 28 heavy (non-hydrogen) atoms. The maximum absolute atomic E-state index is 13.4. The molecule has 2 fully saturated rings. The number of likely N-dealkylation sites (tertiary alicyclic amines) is 1. The van der Waals surface area contributed by atoms with Crippen molar-refractivity contribution in [3.63, 3.8) is 0 Å². The Balaban J connectivity index is 1.81. The Labute approximate surface area is 168 Å². The molecule has 3 aliphatic heterocycles. The number of rotatable bonds is 5. The molecule has 0 unspecified atom stereocenters. The molecule has 8 heteroatoms. The normalized spacial score (nSPS) is 31.1. The van der Waals surface area contributed by atoms with Gasteiger partial charge in [-0.3, -0.25) is 24.6 Å². The van der Waals surface area contributed by atoms with E-state index in [2.05, 4.69) is 10.6 Å². The third-order valence-corrected chi connectivity index (χ3v) is 6.49. The van der Waals surface area contributed by atoms with Gasteiger partial charge in [-0.25, -0.2) is 0 Å². The third kappa shape index (κ3) is 2.46. The number of halogens is 1. The van der Waals surface area contributed by atoms with Gasteiger partial charge < -0.3 is 10.1 Å². The Kier molecular flexibility index (Phi) is 4.72. The van der Waals surface area contributed by atoms with Gasteiger partial charge in [0.25, 0.3) is 0 Å². The zero-order valence-electron chi connectivity index (χ0n) is 16.1. The number of imide groups is 1. The monoisotopic (exact) mass is 405 g/mol. The number of amides is 3. The van der Waals surface area contributed by atoms with Crippen LogP contribution < -0.4 is 10.6 Å². The van der Waals surface area contributed by atoms with E-state index < -0.39 is 17.4 Å². The Morgan fingerprint density at radius 2 is 2.00 bits per heavy atom. The second kappa shape index (κ2) is 6.83. The van der Waals surface area contributed by atoms with E-state index in [1.165, 1.54) is 4.90 Å². The van der Waals surface area contributed by atoms with E-state index in [0.29, 0.717) is 35.8 Å². The van der Waals surface area contributed by atoms with Crippen molar-refractivity contribution in [1.82, 2.24) is 10.2 Å². The summed E-state index contributed by atoms with van der Waals surface area (Å²) >= 11 is 6.30. The first kappa shape index (κ1) is 19.4. The molecule has 150 valence electrons. The molecule has 1 spiro atoms. The standard InChI is InChI=1S/C20H24ClN3O4/c1-10(2)15-13-14(18(26)24(17(13)25)8-5-9-28-3)20(23-15)11-6-4-7-12(21)16(11)22-19(20)27/h4,6-7,10,13-15,23H,5,8-9H2,1-3H3,(H,22,27)/t13-,14-,15+,20+/m0/s1. The van der Waals surface area contributed by atoms with Crippen LogP contribution in [0.2, 0.25) is 5.02 Å². The van der Waals surface area contributed by atoms with Crippen LogP contribution >= 0.6 is 11.6 Å². The molecule has 2 N–H and O–H groups in total. The van der Waals surface area contributed by atoms with Crippen LogP contribution in [-0.2, 0) is 24.7 Å². The summed E-state index contributed by atoms with van der Waals surface area (Å²) in [6.07, 6.45) is 0.564. The number of nitrogens with one attached hydrogen (secondary N) is 2. The summed E-state index contributed by atoms with van der Waals surface area (Å²) < 4.78 is 5.06. The molecule has 1 aromatic carbocycles. The Bertz CT molecular complexity index is 858. The zero-order valence-corrected chi connectivity index (χ0v) is 16.9. The fourth-order valence-corrected chi connectivity index (χ4v) is 5.17. The number of hydrogen-bond acceptors (Lipinski definition) is 5. The summed E-state index contributed by atoms with van der Waals surface area (Å²) in [5, 5.41) is 6.64. The number of carbonyl (C=O) groups excluding carboxylic acids is 3. The van der Waals surface area contributed by atoms with Crippen LogP contribution in [0.25, 0.3) is 0 Å². The highest BCUT2D eigenvalue weighted by atomic mass is 35.5. The lowest BCUT2D eigenvalue weighted by molar-refractivity contribution is -0.143. The highest BCUT2D eigenvalue weighted by Gasteiger charge is 2.70. The largest absolute Gasteiger partial charge is 0.385 e. The molecule has 3 heterocycles. The van der Waals surface area contributed by atoms with Crippen LogP contribution in [-0.4, -0.2) is 48.9 Å². The average molecular weight is 406 g/mol. The highest BCUT2D eigenvalue weighted by Crippen LogP contribution is 2.54. The van der Waals surface area contributed by atoms with Crippen LogP contribution in [0.5, 0.6) is 0 Å². The van der Waals surface area contributed by atoms with E-state index >= 15 is 0 Å². The van der Waals surface area contributed by atoms with E-state index in [9.17, 15) is 14.4 Å². The molecule has 3 amide bonds. The van der Waals surface area contributed by atoms with Gasteiger partial charge in [0, 0.05) is 31.9 Å². The quantitative estimate of drug-likeness (QED) is 0.575. The van der Waals surface area contributed by atoms with Crippen LogP contribution in [0.4, 0.5) is 5.69 Å². The summed E-state index contributed by atoms with van der Waals surface area (Å²) in [4.78, 5) is 41.1. The molecule has 1 aromatic rings. The number of anilines is 1. The van der Waals surface area contributed by atoms with Crippen LogP contribution in [0.3, 0.4) is 0 Å². The van der Waals surface area contributed by atoms with Gasteiger partial charge in [-0.05, 0) is 18.4 Å². The lowest BCUT2D eigenvalue weighted by atomic mass is 9.76. The van der Waals surface area contributed by atoms with Gasteiger partial charge in [0.1, 0.15) is 5.54 Å². The topological polar surface area (TPSA) is 87.7 Å². The van der Waals surface area contributed by atoms with E-state index in [1.54, 1.807) is 25.3 Å². The number of methoxy groups -OCH3 is 1. The predicted molar refractivity (Wildman–Crippen MR) is 104 cm³/mol. The van der Waals surface area contributed by atoms with E-state index in [1.807, 2.05) is 13.8 Å². The van der Waals surface area contributed by atoms with Crippen molar-refractivity contribution in [3.8, 4) is 0 Å². The average Bonchev–Trinajstić information content (AvgIpc) is 3.24. The number of benzene rings is 1. The lowest BCUT2D eigenvalue weighted by Crippen LogP contribution is -2.54. The van der Waals surface area contributed by atoms with Gasteiger partial charge in [-0.1, -0.05) is 37.6 Å². The fraction of sp³-hybridized carbons (Fsp3) is 0.550. The minimum absolute atomic E-state index is 0.0681. The van der Waals surface area contributed by atoms with Crippen molar-refractivity contribution in [3.05, 3.63) is 28.8 Å². The molecular formula is C20H24ClN3O4. The number of para-hydroxylation sites is 1. The molecule has 3 aliphatic rings. The Morgan fingerprint density at radius 3 is 2.68 bits per heavy atom. The summed E-state index contributed by atoms with van der Waals surface area (Å²) in [5.74, 6) is -2.13. The minimum atomic E-state index is -1.28. The molecule has 4 atom stereocenters.